The van der Waals surface area contributed by atoms with E-state index in [2.05, 4.69) is 5.32 Å². The van der Waals surface area contributed by atoms with Gasteiger partial charge in [-0.3, -0.25) is 4.79 Å². The van der Waals surface area contributed by atoms with Crippen LogP contribution in [-0.2, 0) is 14.3 Å². The summed E-state index contributed by atoms with van der Waals surface area (Å²) < 4.78 is 9.95. The van der Waals surface area contributed by atoms with Crippen LogP contribution in [0.15, 0.2) is 5.38 Å². The van der Waals surface area contributed by atoms with Gasteiger partial charge in [-0.2, -0.15) is 0 Å². The molecule has 1 heterocycles. The Kier molecular flexibility index (Phi) is 7.74. The minimum absolute atomic E-state index is 0.0645. The SMILES string of the molecule is CCOC(=O)c1csc(NC(=O)C(CC)CC)c1C(=O)OCC. The summed E-state index contributed by atoms with van der Waals surface area (Å²) in [5.41, 5.74) is 0.185. The average Bonchev–Trinajstić information content (AvgIpc) is 2.92. The van der Waals surface area contributed by atoms with Crippen molar-refractivity contribution >= 4 is 34.2 Å². The first-order chi connectivity index (χ1) is 11.0. The van der Waals surface area contributed by atoms with E-state index in [9.17, 15) is 14.4 Å². The van der Waals surface area contributed by atoms with Crippen LogP contribution >= 0.6 is 11.3 Å². The topological polar surface area (TPSA) is 81.7 Å². The smallest absolute Gasteiger partial charge is 0.342 e. The Balaban J connectivity index is 3.14. The summed E-state index contributed by atoms with van der Waals surface area (Å²) in [7, 11) is 0. The molecule has 1 amide bonds. The maximum absolute atomic E-state index is 12.2. The molecule has 0 unspecified atom stereocenters. The number of amides is 1. The van der Waals surface area contributed by atoms with Crippen molar-refractivity contribution < 1.29 is 23.9 Å². The Labute approximate surface area is 140 Å². The summed E-state index contributed by atoms with van der Waals surface area (Å²) >= 11 is 1.12. The van der Waals surface area contributed by atoms with Crippen LogP contribution in [-0.4, -0.2) is 31.1 Å². The molecular formula is C16H23NO5S. The fraction of sp³-hybridized carbons (Fsp3) is 0.562. The van der Waals surface area contributed by atoms with Gasteiger partial charge in [0.05, 0.1) is 18.8 Å². The summed E-state index contributed by atoms with van der Waals surface area (Å²) in [6.07, 6.45) is 1.40. The molecule has 1 aromatic heterocycles. The molecule has 23 heavy (non-hydrogen) atoms. The van der Waals surface area contributed by atoms with Gasteiger partial charge in [-0.25, -0.2) is 9.59 Å². The molecule has 0 fully saturated rings. The molecule has 0 aromatic carbocycles. The van der Waals surface area contributed by atoms with Crippen LogP contribution in [0, 0.1) is 5.92 Å². The second-order valence-corrected chi connectivity index (χ2v) is 5.68. The third kappa shape index (κ3) is 4.79. The van der Waals surface area contributed by atoms with E-state index in [0.717, 1.165) is 11.3 Å². The van der Waals surface area contributed by atoms with E-state index >= 15 is 0 Å². The van der Waals surface area contributed by atoms with Crippen LogP contribution in [0.2, 0.25) is 0 Å². The molecule has 0 aliphatic rings. The highest BCUT2D eigenvalue weighted by molar-refractivity contribution is 7.15. The van der Waals surface area contributed by atoms with Gasteiger partial charge in [0.15, 0.2) is 0 Å². The monoisotopic (exact) mass is 341 g/mol. The molecule has 1 N–H and O–H groups in total. The molecule has 0 bridgehead atoms. The largest absolute Gasteiger partial charge is 0.462 e. The first-order valence-electron chi connectivity index (χ1n) is 7.76. The fourth-order valence-electron chi connectivity index (χ4n) is 2.09. The highest BCUT2D eigenvalue weighted by atomic mass is 32.1. The summed E-state index contributed by atoms with van der Waals surface area (Å²) in [5.74, 6) is -1.55. The molecule has 0 aliphatic heterocycles. The van der Waals surface area contributed by atoms with Gasteiger partial charge < -0.3 is 14.8 Å². The van der Waals surface area contributed by atoms with E-state index in [1.54, 1.807) is 13.8 Å². The van der Waals surface area contributed by atoms with Crippen molar-refractivity contribution in [2.75, 3.05) is 18.5 Å². The number of esters is 2. The normalized spacial score (nSPS) is 10.5. The Hall–Kier alpha value is -1.89. The zero-order valence-corrected chi connectivity index (χ0v) is 14.7. The van der Waals surface area contributed by atoms with Gasteiger partial charge in [-0.1, -0.05) is 13.8 Å². The van der Waals surface area contributed by atoms with E-state index in [4.69, 9.17) is 9.47 Å². The zero-order chi connectivity index (χ0) is 17.4. The first-order valence-corrected chi connectivity index (χ1v) is 8.64. The van der Waals surface area contributed by atoms with Crippen LogP contribution in [0.4, 0.5) is 5.00 Å². The van der Waals surface area contributed by atoms with Gasteiger partial charge in [-0.05, 0) is 26.7 Å². The van der Waals surface area contributed by atoms with Gasteiger partial charge in [0, 0.05) is 11.3 Å². The van der Waals surface area contributed by atoms with Gasteiger partial charge in [0.1, 0.15) is 10.6 Å². The molecule has 128 valence electrons. The quantitative estimate of drug-likeness (QED) is 0.732. The van der Waals surface area contributed by atoms with Crippen molar-refractivity contribution in [2.24, 2.45) is 5.92 Å². The summed E-state index contributed by atoms with van der Waals surface area (Å²) in [6.45, 7) is 7.60. The number of anilines is 1. The van der Waals surface area contributed by atoms with Crippen LogP contribution in [0.25, 0.3) is 0 Å². The van der Waals surface area contributed by atoms with E-state index in [1.165, 1.54) is 5.38 Å². The van der Waals surface area contributed by atoms with Crippen LogP contribution in [0.5, 0.6) is 0 Å². The van der Waals surface area contributed by atoms with Crippen molar-refractivity contribution in [1.82, 2.24) is 0 Å². The molecule has 1 rings (SSSR count). The lowest BCUT2D eigenvalue weighted by molar-refractivity contribution is -0.120. The minimum atomic E-state index is -0.642. The molecule has 0 atom stereocenters. The van der Waals surface area contributed by atoms with E-state index in [1.807, 2.05) is 13.8 Å². The molecule has 0 radical (unpaired) electrons. The predicted octanol–water partition coefficient (Wildman–Crippen LogP) is 3.48. The Morgan fingerprint density at radius 2 is 1.61 bits per heavy atom. The van der Waals surface area contributed by atoms with Gasteiger partial charge in [0.25, 0.3) is 0 Å². The minimum Gasteiger partial charge on any atom is -0.462 e. The number of carbonyl (C=O) groups excluding carboxylic acids is 3. The van der Waals surface area contributed by atoms with Gasteiger partial charge in [-0.15, -0.1) is 11.3 Å². The number of hydrogen-bond donors (Lipinski definition) is 1. The third-order valence-electron chi connectivity index (χ3n) is 3.36. The number of nitrogens with one attached hydrogen (secondary N) is 1. The highest BCUT2D eigenvalue weighted by Crippen LogP contribution is 2.30. The van der Waals surface area contributed by atoms with Crippen molar-refractivity contribution in [3.63, 3.8) is 0 Å². The lowest BCUT2D eigenvalue weighted by atomic mass is 10.0. The summed E-state index contributed by atoms with van der Waals surface area (Å²) in [6, 6.07) is 0. The predicted molar refractivity (Wildman–Crippen MR) is 88.9 cm³/mol. The highest BCUT2D eigenvalue weighted by Gasteiger charge is 2.27. The Bertz CT molecular complexity index is 563. The maximum atomic E-state index is 12.2. The van der Waals surface area contributed by atoms with Crippen molar-refractivity contribution in [3.8, 4) is 0 Å². The van der Waals surface area contributed by atoms with Crippen LogP contribution in [0.3, 0.4) is 0 Å². The maximum Gasteiger partial charge on any atom is 0.342 e. The number of rotatable bonds is 8. The van der Waals surface area contributed by atoms with Crippen LogP contribution in [0.1, 0.15) is 61.3 Å². The van der Waals surface area contributed by atoms with Crippen molar-refractivity contribution in [1.29, 1.82) is 0 Å². The van der Waals surface area contributed by atoms with E-state index < -0.39 is 11.9 Å². The number of carbonyl (C=O) groups is 3. The second-order valence-electron chi connectivity index (χ2n) is 4.80. The van der Waals surface area contributed by atoms with Gasteiger partial charge >= 0.3 is 11.9 Å². The fourth-order valence-corrected chi connectivity index (χ4v) is 3.01. The lowest BCUT2D eigenvalue weighted by Gasteiger charge is -2.13. The Morgan fingerprint density at radius 1 is 1.04 bits per heavy atom. The molecule has 1 aromatic rings. The number of thiophene rings is 1. The number of hydrogen-bond acceptors (Lipinski definition) is 6. The summed E-state index contributed by atoms with van der Waals surface area (Å²) in [5, 5.41) is 4.57. The molecular weight excluding hydrogens is 318 g/mol. The molecule has 0 saturated carbocycles. The second kappa shape index (κ2) is 9.29. The lowest BCUT2D eigenvalue weighted by Crippen LogP contribution is -2.23. The molecule has 0 saturated heterocycles. The summed E-state index contributed by atoms with van der Waals surface area (Å²) in [4.78, 5) is 36.4. The molecule has 0 aliphatic carbocycles. The number of ether oxygens (including phenoxy) is 2. The average molecular weight is 341 g/mol. The molecule has 0 spiro atoms. The van der Waals surface area contributed by atoms with Crippen LogP contribution < -0.4 is 5.32 Å². The van der Waals surface area contributed by atoms with Crippen molar-refractivity contribution in [3.05, 3.63) is 16.5 Å². The van der Waals surface area contributed by atoms with Gasteiger partial charge in [0.2, 0.25) is 5.91 Å². The van der Waals surface area contributed by atoms with Crippen molar-refractivity contribution in [2.45, 2.75) is 40.5 Å². The van der Waals surface area contributed by atoms with E-state index in [0.29, 0.717) is 17.8 Å². The third-order valence-corrected chi connectivity index (χ3v) is 4.25. The molecule has 7 heteroatoms. The standard InChI is InChI=1S/C16H23NO5S/c1-5-10(6-2)13(18)17-14-12(16(20)22-8-4)11(9-23-14)15(19)21-7-3/h9-10H,5-8H2,1-4H3,(H,17,18). The zero-order valence-electron chi connectivity index (χ0n) is 13.9. The van der Waals surface area contributed by atoms with E-state index in [-0.39, 0.29) is 36.2 Å². The molecule has 6 nitrogen and oxygen atoms in total. The Morgan fingerprint density at radius 3 is 2.13 bits per heavy atom. The first kappa shape index (κ1) is 19.2.